The molecule has 7 atom stereocenters. The van der Waals surface area contributed by atoms with E-state index in [2.05, 4.69) is 0 Å². The van der Waals surface area contributed by atoms with Crippen LogP contribution in [0.2, 0.25) is 0 Å². The van der Waals surface area contributed by atoms with E-state index in [-0.39, 0.29) is 11.1 Å². The molecule has 0 bridgehead atoms. The number of carboxylic acids is 3. The highest BCUT2D eigenvalue weighted by atomic mass is 16.6. The van der Waals surface area contributed by atoms with Crippen LogP contribution in [0.5, 0.6) is 23.0 Å². The van der Waals surface area contributed by atoms with E-state index in [0.717, 1.165) is 36.4 Å². The summed E-state index contributed by atoms with van der Waals surface area (Å²) in [6.45, 7) is 0. The number of carboxylic acid groups (broad SMARTS) is 3. The zero-order chi connectivity index (χ0) is 39.8. The van der Waals surface area contributed by atoms with Crippen molar-refractivity contribution in [3.05, 3.63) is 53.6 Å². The van der Waals surface area contributed by atoms with Crippen molar-refractivity contribution in [3.63, 3.8) is 0 Å². The summed E-state index contributed by atoms with van der Waals surface area (Å²) in [5.41, 5.74) is -2.60. The lowest BCUT2D eigenvalue weighted by Crippen LogP contribution is -2.57. The van der Waals surface area contributed by atoms with Crippen LogP contribution in [0, 0.1) is 0 Å². The molecule has 0 amide bonds. The summed E-state index contributed by atoms with van der Waals surface area (Å²) < 4.78 is 19.3. The standard InChI is InChI=1S/C32H32O21/c33-15-4-1-13(7-17(15)35)3-6-22(38)52-27(30(46)51-20(28(42)43)9-14-2-5-16(34)18(36)8-14)26(29(44)45)53-24(40)10-23(39)50-21-12-32(49,31(47)48)11-19(37)25(21)41/h1-8,19-21,25-27,33-37,41,49H,9-12H2,(H,42,43)(H,44,45)(H,47,48)/b6-3+. The highest BCUT2D eigenvalue weighted by Gasteiger charge is 2.51. The van der Waals surface area contributed by atoms with Crippen LogP contribution in [-0.4, -0.2) is 135 Å². The molecule has 0 radical (unpaired) electrons. The van der Waals surface area contributed by atoms with Crippen molar-refractivity contribution in [1.82, 2.24) is 0 Å². The number of hydrogen-bond donors (Lipinski definition) is 10. The Morgan fingerprint density at radius 2 is 1.38 bits per heavy atom. The Hall–Kier alpha value is -6.45. The van der Waals surface area contributed by atoms with Gasteiger partial charge in [-0.05, 0) is 41.5 Å². The van der Waals surface area contributed by atoms with E-state index in [0.29, 0.717) is 6.08 Å². The number of hydrogen-bond acceptors (Lipinski definition) is 18. The molecule has 0 saturated heterocycles. The Balaban J connectivity index is 1.85. The summed E-state index contributed by atoms with van der Waals surface area (Å²) in [6.07, 6.45) is -16.0. The second kappa shape index (κ2) is 17.2. The predicted octanol–water partition coefficient (Wildman–Crippen LogP) is -1.70. The van der Waals surface area contributed by atoms with Crippen LogP contribution in [0.4, 0.5) is 0 Å². The monoisotopic (exact) mass is 752 g/mol. The third kappa shape index (κ3) is 11.0. The number of aliphatic hydroxyl groups excluding tert-OH is 2. The van der Waals surface area contributed by atoms with Gasteiger partial charge in [-0.25, -0.2) is 24.0 Å². The molecule has 21 heteroatoms. The summed E-state index contributed by atoms with van der Waals surface area (Å²) in [5.74, 6) is -15.1. The van der Waals surface area contributed by atoms with Gasteiger partial charge in [0.1, 0.15) is 18.6 Å². The van der Waals surface area contributed by atoms with Crippen molar-refractivity contribution in [2.24, 2.45) is 0 Å². The molecule has 10 N–H and O–H groups in total. The van der Waals surface area contributed by atoms with Gasteiger partial charge in [-0.1, -0.05) is 12.1 Å². The van der Waals surface area contributed by atoms with E-state index in [4.69, 9.17) is 18.9 Å². The third-order valence-corrected chi connectivity index (χ3v) is 7.49. The van der Waals surface area contributed by atoms with Gasteiger partial charge in [-0.3, -0.25) is 9.59 Å². The SMILES string of the molecule is O=C(/C=C/c1ccc(O)c(O)c1)OC(C(=O)OC(Cc1ccc(O)c(O)c1)C(=O)O)C(OC(=O)CC(=O)OC1CC(O)(C(=O)O)CC(O)C1O)C(=O)O. The Kier molecular flexibility index (Phi) is 13.3. The van der Waals surface area contributed by atoms with Crippen molar-refractivity contribution in [1.29, 1.82) is 0 Å². The lowest BCUT2D eigenvalue weighted by atomic mass is 9.79. The van der Waals surface area contributed by atoms with Gasteiger partial charge in [0.05, 0.1) is 6.10 Å². The van der Waals surface area contributed by atoms with Crippen LogP contribution in [-0.2, 0) is 58.9 Å². The number of benzene rings is 2. The highest BCUT2D eigenvalue weighted by molar-refractivity contribution is 5.95. The maximum absolute atomic E-state index is 13.2. The third-order valence-electron chi connectivity index (χ3n) is 7.49. The number of aromatic hydroxyl groups is 4. The Bertz CT molecular complexity index is 1780. The maximum atomic E-state index is 13.2. The van der Waals surface area contributed by atoms with Gasteiger partial charge in [0, 0.05) is 25.3 Å². The minimum absolute atomic E-state index is 0.0220. The minimum Gasteiger partial charge on any atom is -0.504 e. The van der Waals surface area contributed by atoms with Crippen molar-refractivity contribution in [2.75, 3.05) is 0 Å². The molecule has 7 unspecified atom stereocenters. The average molecular weight is 753 g/mol. The van der Waals surface area contributed by atoms with Crippen molar-refractivity contribution in [3.8, 4) is 23.0 Å². The van der Waals surface area contributed by atoms with Gasteiger partial charge < -0.3 is 70.0 Å². The number of esters is 4. The van der Waals surface area contributed by atoms with Crippen molar-refractivity contribution in [2.45, 2.75) is 67.9 Å². The zero-order valence-corrected chi connectivity index (χ0v) is 26.9. The molecular formula is C32H32O21. The first kappa shape index (κ1) is 41.0. The summed E-state index contributed by atoms with van der Waals surface area (Å²) in [5, 5.41) is 97.4. The van der Waals surface area contributed by atoms with Crippen LogP contribution >= 0.6 is 0 Å². The molecule has 0 aliphatic heterocycles. The van der Waals surface area contributed by atoms with E-state index in [1.807, 2.05) is 0 Å². The molecule has 1 saturated carbocycles. The van der Waals surface area contributed by atoms with Gasteiger partial charge in [-0.2, -0.15) is 0 Å². The quantitative estimate of drug-likeness (QED) is 0.0319. The molecule has 1 aliphatic rings. The Morgan fingerprint density at radius 3 is 1.94 bits per heavy atom. The zero-order valence-electron chi connectivity index (χ0n) is 26.9. The molecule has 0 spiro atoms. The highest BCUT2D eigenvalue weighted by Crippen LogP contribution is 2.32. The second-order valence-corrected chi connectivity index (χ2v) is 11.5. The van der Waals surface area contributed by atoms with Crippen LogP contribution in [0.15, 0.2) is 42.5 Å². The molecule has 2 aromatic carbocycles. The first-order valence-corrected chi connectivity index (χ1v) is 15.0. The molecular weight excluding hydrogens is 720 g/mol. The predicted molar refractivity (Wildman–Crippen MR) is 166 cm³/mol. The normalized spacial score (nSPS) is 21.4. The molecule has 53 heavy (non-hydrogen) atoms. The fraction of sp³-hybridized carbons (Fsp3) is 0.344. The lowest BCUT2D eigenvalue weighted by Gasteiger charge is -2.39. The van der Waals surface area contributed by atoms with E-state index in [1.165, 1.54) is 6.07 Å². The summed E-state index contributed by atoms with van der Waals surface area (Å²) >= 11 is 0. The topological polar surface area (TPSA) is 359 Å². The molecule has 0 aromatic heterocycles. The molecule has 0 heterocycles. The molecule has 1 aliphatic carbocycles. The van der Waals surface area contributed by atoms with Gasteiger partial charge in [0.25, 0.3) is 0 Å². The van der Waals surface area contributed by atoms with Gasteiger partial charge in [0.2, 0.25) is 18.3 Å². The number of phenols is 4. The number of ether oxygens (including phenoxy) is 4. The average Bonchev–Trinajstić information content (AvgIpc) is 3.06. The van der Waals surface area contributed by atoms with Crippen molar-refractivity contribution >= 4 is 47.9 Å². The summed E-state index contributed by atoms with van der Waals surface area (Å²) in [6, 6.07) is 6.26. The molecule has 1 fully saturated rings. The minimum atomic E-state index is -2.86. The Labute approximate surface area is 296 Å². The maximum Gasteiger partial charge on any atom is 0.352 e. The number of phenolic OH excluding ortho intramolecular Hbond substituents is 4. The second-order valence-electron chi connectivity index (χ2n) is 11.5. The largest absolute Gasteiger partial charge is 0.504 e. The smallest absolute Gasteiger partial charge is 0.352 e. The van der Waals surface area contributed by atoms with E-state index in [9.17, 15) is 84.6 Å². The molecule has 21 nitrogen and oxygen atoms in total. The van der Waals surface area contributed by atoms with Crippen LogP contribution in [0.1, 0.15) is 30.4 Å². The fourth-order valence-corrected chi connectivity index (χ4v) is 4.79. The summed E-state index contributed by atoms with van der Waals surface area (Å²) in [7, 11) is 0. The lowest BCUT2D eigenvalue weighted by molar-refractivity contribution is -0.200. The van der Waals surface area contributed by atoms with Crippen molar-refractivity contribution < 1.29 is 104 Å². The fourth-order valence-electron chi connectivity index (χ4n) is 4.79. The van der Waals surface area contributed by atoms with E-state index < -0.39 is 133 Å². The van der Waals surface area contributed by atoms with Crippen LogP contribution < -0.4 is 0 Å². The van der Waals surface area contributed by atoms with Crippen LogP contribution in [0.25, 0.3) is 6.08 Å². The Morgan fingerprint density at radius 1 is 0.755 bits per heavy atom. The summed E-state index contributed by atoms with van der Waals surface area (Å²) in [4.78, 5) is 86.7. The van der Waals surface area contributed by atoms with Gasteiger partial charge in [-0.15, -0.1) is 0 Å². The number of carbonyl (C=O) groups excluding carboxylic acids is 4. The van der Waals surface area contributed by atoms with Gasteiger partial charge >= 0.3 is 41.8 Å². The number of aliphatic carboxylic acids is 3. The van der Waals surface area contributed by atoms with Crippen LogP contribution in [0.3, 0.4) is 0 Å². The number of rotatable bonds is 15. The number of aliphatic hydroxyl groups is 3. The number of carbonyl (C=O) groups is 7. The molecule has 3 rings (SSSR count). The van der Waals surface area contributed by atoms with E-state index >= 15 is 0 Å². The van der Waals surface area contributed by atoms with Gasteiger partial charge in [0.15, 0.2) is 28.6 Å². The molecule has 286 valence electrons. The first-order chi connectivity index (χ1) is 24.7. The van der Waals surface area contributed by atoms with E-state index in [1.54, 1.807) is 0 Å². The molecule has 2 aromatic rings. The first-order valence-electron chi connectivity index (χ1n) is 15.0.